The second-order valence-corrected chi connectivity index (χ2v) is 9.02. The molecule has 1 aliphatic rings. The van der Waals surface area contributed by atoms with Gasteiger partial charge in [0.25, 0.3) is 5.56 Å². The Balaban J connectivity index is 1.93. The van der Waals surface area contributed by atoms with E-state index >= 15 is 0 Å². The first-order valence-corrected chi connectivity index (χ1v) is 12.1. The zero-order chi connectivity index (χ0) is 22.8. The van der Waals surface area contributed by atoms with Gasteiger partial charge in [0.05, 0.1) is 28.5 Å². The van der Waals surface area contributed by atoms with E-state index in [4.69, 9.17) is 4.74 Å². The van der Waals surface area contributed by atoms with Gasteiger partial charge in [0.2, 0.25) is 0 Å². The number of fused-ring (bicyclic) bond motifs is 1. The van der Waals surface area contributed by atoms with Gasteiger partial charge in [-0.05, 0) is 61.6 Å². The van der Waals surface area contributed by atoms with E-state index in [2.05, 4.69) is 4.99 Å². The molecule has 1 atom stereocenters. The molecule has 2 heterocycles. The molecule has 164 valence electrons. The van der Waals surface area contributed by atoms with E-state index in [1.54, 1.807) is 48.4 Å². The van der Waals surface area contributed by atoms with Gasteiger partial charge in [-0.3, -0.25) is 9.36 Å². The van der Waals surface area contributed by atoms with Crippen LogP contribution in [0.1, 0.15) is 31.0 Å². The second kappa shape index (κ2) is 9.26. The van der Waals surface area contributed by atoms with Crippen molar-refractivity contribution in [1.29, 1.82) is 0 Å². The molecule has 0 N–H and O–H groups in total. The number of allylic oxidation sites excluding steroid dienone is 1. The lowest BCUT2D eigenvalue weighted by Gasteiger charge is -2.24. The first-order chi connectivity index (χ1) is 15.4. The van der Waals surface area contributed by atoms with Crippen LogP contribution in [-0.2, 0) is 9.53 Å². The van der Waals surface area contributed by atoms with Crippen LogP contribution in [0.25, 0.3) is 6.08 Å². The summed E-state index contributed by atoms with van der Waals surface area (Å²) in [5.74, 6) is -0.826. The Kier molecular flexibility index (Phi) is 6.43. The second-order valence-electron chi connectivity index (χ2n) is 7.13. The summed E-state index contributed by atoms with van der Waals surface area (Å²) in [6, 6.07) is 13.1. The summed E-state index contributed by atoms with van der Waals surface area (Å²) in [5.41, 5.74) is 2.13. The van der Waals surface area contributed by atoms with Crippen LogP contribution in [0, 0.1) is 5.82 Å². The number of halogens is 1. The molecule has 8 heteroatoms. The smallest absolute Gasteiger partial charge is 0.338 e. The van der Waals surface area contributed by atoms with Gasteiger partial charge < -0.3 is 4.74 Å². The van der Waals surface area contributed by atoms with Crippen molar-refractivity contribution in [3.05, 3.63) is 96.4 Å². The van der Waals surface area contributed by atoms with Gasteiger partial charge in [0.15, 0.2) is 4.80 Å². The lowest BCUT2D eigenvalue weighted by Crippen LogP contribution is -2.39. The first kappa shape index (κ1) is 22.2. The molecule has 4 rings (SSSR count). The summed E-state index contributed by atoms with van der Waals surface area (Å²) in [7, 11) is 0. The van der Waals surface area contributed by atoms with E-state index in [9.17, 15) is 14.0 Å². The van der Waals surface area contributed by atoms with Crippen LogP contribution in [-0.4, -0.2) is 23.4 Å². The van der Waals surface area contributed by atoms with Crippen LogP contribution < -0.4 is 14.9 Å². The Morgan fingerprint density at radius 3 is 2.53 bits per heavy atom. The highest BCUT2D eigenvalue weighted by Gasteiger charge is 2.33. The van der Waals surface area contributed by atoms with E-state index < -0.39 is 12.0 Å². The topological polar surface area (TPSA) is 60.7 Å². The third-order valence-electron chi connectivity index (χ3n) is 5.12. The maximum Gasteiger partial charge on any atom is 0.338 e. The average Bonchev–Trinajstić information content (AvgIpc) is 3.09. The summed E-state index contributed by atoms with van der Waals surface area (Å²) >= 11 is 2.86. The molecular formula is C24H21FN2O3S2. The number of hydrogen-bond donors (Lipinski definition) is 0. The Morgan fingerprint density at radius 1 is 1.22 bits per heavy atom. The molecule has 0 spiro atoms. The molecule has 0 bridgehead atoms. The van der Waals surface area contributed by atoms with E-state index in [0.717, 1.165) is 10.5 Å². The fraction of sp³-hybridized carbons (Fsp3) is 0.208. The van der Waals surface area contributed by atoms with Crippen LogP contribution in [0.4, 0.5) is 4.39 Å². The molecule has 0 saturated carbocycles. The molecule has 1 aromatic heterocycles. The van der Waals surface area contributed by atoms with Gasteiger partial charge in [-0.1, -0.05) is 35.6 Å². The van der Waals surface area contributed by atoms with Crippen molar-refractivity contribution >= 4 is 35.1 Å². The van der Waals surface area contributed by atoms with Crippen molar-refractivity contribution < 1.29 is 13.9 Å². The molecule has 0 radical (unpaired) electrons. The fourth-order valence-corrected chi connectivity index (χ4v) is 5.06. The molecule has 0 unspecified atom stereocenters. The summed E-state index contributed by atoms with van der Waals surface area (Å²) in [4.78, 5) is 32.5. The number of carbonyl (C=O) groups is 1. The van der Waals surface area contributed by atoms with Crippen LogP contribution in [0.3, 0.4) is 0 Å². The Labute approximate surface area is 192 Å². The number of thioether (sulfide) groups is 1. The first-order valence-electron chi connectivity index (χ1n) is 10.0. The van der Waals surface area contributed by atoms with E-state index in [1.165, 1.54) is 23.5 Å². The van der Waals surface area contributed by atoms with Gasteiger partial charge >= 0.3 is 5.97 Å². The normalized spacial score (nSPS) is 16.0. The molecule has 1 aliphatic heterocycles. The van der Waals surface area contributed by atoms with Crippen molar-refractivity contribution in [3.8, 4) is 0 Å². The highest BCUT2D eigenvalue weighted by Crippen LogP contribution is 2.31. The Morgan fingerprint density at radius 2 is 1.91 bits per heavy atom. The van der Waals surface area contributed by atoms with Gasteiger partial charge in [-0.25, -0.2) is 14.2 Å². The lowest BCUT2D eigenvalue weighted by atomic mass is 9.96. The molecule has 0 saturated heterocycles. The molecule has 32 heavy (non-hydrogen) atoms. The number of hydrogen-bond acceptors (Lipinski definition) is 6. The highest BCUT2D eigenvalue weighted by atomic mass is 32.2. The van der Waals surface area contributed by atoms with Gasteiger partial charge in [0.1, 0.15) is 5.82 Å². The SMILES string of the molecule is CCOC(=O)C1=C(C)N=c2s/c(=C\c3ccc(F)cc3)c(=O)n2[C@H]1c1ccc(SC)cc1. The quantitative estimate of drug-likeness (QED) is 0.424. The number of esters is 1. The van der Waals surface area contributed by atoms with Crippen LogP contribution in [0.5, 0.6) is 0 Å². The number of rotatable bonds is 5. The predicted octanol–water partition coefficient (Wildman–Crippen LogP) is 3.66. The number of ether oxygens (including phenoxy) is 1. The summed E-state index contributed by atoms with van der Waals surface area (Å²) < 4.78 is 20.6. The molecule has 5 nitrogen and oxygen atoms in total. The summed E-state index contributed by atoms with van der Waals surface area (Å²) in [5, 5.41) is 0. The minimum absolute atomic E-state index is 0.225. The average molecular weight is 469 g/mol. The molecular weight excluding hydrogens is 447 g/mol. The zero-order valence-corrected chi connectivity index (χ0v) is 19.4. The number of benzene rings is 2. The minimum Gasteiger partial charge on any atom is -0.463 e. The Hall–Kier alpha value is -2.97. The molecule has 3 aromatic rings. The Bertz CT molecular complexity index is 1370. The van der Waals surface area contributed by atoms with E-state index in [0.29, 0.717) is 26.2 Å². The van der Waals surface area contributed by atoms with Crippen LogP contribution >= 0.6 is 23.1 Å². The summed E-state index contributed by atoms with van der Waals surface area (Å²) in [6.07, 6.45) is 3.70. The molecule has 2 aromatic carbocycles. The predicted molar refractivity (Wildman–Crippen MR) is 125 cm³/mol. The highest BCUT2D eigenvalue weighted by molar-refractivity contribution is 7.98. The van der Waals surface area contributed by atoms with Crippen molar-refractivity contribution in [2.75, 3.05) is 12.9 Å². The van der Waals surface area contributed by atoms with E-state index in [-0.39, 0.29) is 18.0 Å². The van der Waals surface area contributed by atoms with Crippen molar-refractivity contribution in [1.82, 2.24) is 4.57 Å². The number of nitrogens with zero attached hydrogens (tertiary/aromatic N) is 2. The number of carbonyl (C=O) groups excluding carboxylic acids is 1. The molecule has 0 aliphatic carbocycles. The van der Waals surface area contributed by atoms with Crippen LogP contribution in [0.15, 0.2) is 74.5 Å². The van der Waals surface area contributed by atoms with Gasteiger partial charge in [-0.2, -0.15) is 0 Å². The van der Waals surface area contributed by atoms with Crippen molar-refractivity contribution in [3.63, 3.8) is 0 Å². The molecule has 0 fully saturated rings. The lowest BCUT2D eigenvalue weighted by molar-refractivity contribution is -0.139. The number of thiazole rings is 1. The largest absolute Gasteiger partial charge is 0.463 e. The fourth-order valence-electron chi connectivity index (χ4n) is 3.60. The van der Waals surface area contributed by atoms with Crippen molar-refractivity contribution in [2.24, 2.45) is 4.99 Å². The maximum atomic E-state index is 13.5. The minimum atomic E-state index is -0.642. The third-order valence-corrected chi connectivity index (χ3v) is 6.84. The van der Waals surface area contributed by atoms with Crippen LogP contribution in [0.2, 0.25) is 0 Å². The zero-order valence-electron chi connectivity index (χ0n) is 17.8. The third kappa shape index (κ3) is 4.20. The van der Waals surface area contributed by atoms with Gasteiger partial charge in [0, 0.05) is 4.90 Å². The molecule has 0 amide bonds. The van der Waals surface area contributed by atoms with Gasteiger partial charge in [-0.15, -0.1) is 11.8 Å². The standard InChI is InChI=1S/C24H21FN2O3S2/c1-4-30-23(29)20-14(2)26-24-27(21(20)16-7-11-18(31-3)12-8-16)22(28)19(32-24)13-15-5-9-17(25)10-6-15/h5-13,21H,4H2,1-3H3/b19-13-/t21-/m0/s1. The van der Waals surface area contributed by atoms with Crippen molar-refractivity contribution in [2.45, 2.75) is 24.8 Å². The monoisotopic (exact) mass is 468 g/mol. The van der Waals surface area contributed by atoms with E-state index in [1.807, 2.05) is 30.5 Å². The maximum absolute atomic E-state index is 13.5. The number of aromatic nitrogens is 1. The summed E-state index contributed by atoms with van der Waals surface area (Å²) in [6.45, 7) is 3.73.